The van der Waals surface area contributed by atoms with Crippen LogP contribution in [0.25, 0.3) is 0 Å². The Morgan fingerprint density at radius 1 is 1.14 bits per heavy atom. The summed E-state index contributed by atoms with van der Waals surface area (Å²) in [6, 6.07) is -0.108. The molecule has 0 spiro atoms. The molecule has 2 amide bonds. The van der Waals surface area contributed by atoms with Gasteiger partial charge in [-0.15, -0.1) is 0 Å². The van der Waals surface area contributed by atoms with Gasteiger partial charge in [0.25, 0.3) is 0 Å². The van der Waals surface area contributed by atoms with E-state index in [2.05, 4.69) is 10.2 Å². The second-order valence-corrected chi connectivity index (χ2v) is 6.25. The quantitative estimate of drug-likeness (QED) is 0.746. The highest BCUT2D eigenvalue weighted by atomic mass is 16.4. The molecule has 122 valence electrons. The zero-order valence-electron chi connectivity index (χ0n) is 13.5. The molecule has 1 rings (SSSR count). The molecule has 21 heavy (non-hydrogen) atoms. The monoisotopic (exact) mass is 299 g/mol. The van der Waals surface area contributed by atoms with Crippen LogP contribution >= 0.6 is 0 Å². The topological polar surface area (TPSA) is 72.9 Å². The van der Waals surface area contributed by atoms with Crippen molar-refractivity contribution in [2.24, 2.45) is 11.8 Å². The molecule has 1 aliphatic carbocycles. The Morgan fingerprint density at radius 2 is 1.81 bits per heavy atom. The van der Waals surface area contributed by atoms with Crippen LogP contribution < -0.4 is 5.32 Å². The average molecular weight is 299 g/mol. The Labute approximate surface area is 127 Å². The Kier molecular flexibility index (Phi) is 7.50. The zero-order chi connectivity index (χ0) is 15.8. The summed E-state index contributed by atoms with van der Waals surface area (Å²) in [6.07, 6.45) is 4.59. The van der Waals surface area contributed by atoms with Gasteiger partial charge >= 0.3 is 12.0 Å². The minimum atomic E-state index is -0.728. The number of amides is 2. The Hall–Kier alpha value is -1.30. The van der Waals surface area contributed by atoms with Crippen molar-refractivity contribution in [3.63, 3.8) is 0 Å². The van der Waals surface area contributed by atoms with Gasteiger partial charge in [0.15, 0.2) is 0 Å². The van der Waals surface area contributed by atoms with Crippen LogP contribution in [0.2, 0.25) is 0 Å². The Bertz CT molecular complexity index is 347. The molecule has 0 bridgehead atoms. The van der Waals surface area contributed by atoms with Gasteiger partial charge in [0, 0.05) is 20.1 Å². The molecule has 0 aromatic rings. The standard InChI is InChI=1S/C15H29N3O3/c1-17(2)9-6-10-18(3)15(21)16-11-12-7-4-5-8-13(12)14(19)20/h12-13H,4-11H2,1-3H3,(H,16,21)(H,19,20). The first-order valence-electron chi connectivity index (χ1n) is 7.78. The summed E-state index contributed by atoms with van der Waals surface area (Å²) in [5.41, 5.74) is 0. The number of rotatable bonds is 7. The van der Waals surface area contributed by atoms with Gasteiger partial charge in [-0.25, -0.2) is 4.79 Å². The Morgan fingerprint density at radius 3 is 2.43 bits per heavy atom. The van der Waals surface area contributed by atoms with Crippen LogP contribution in [0.15, 0.2) is 0 Å². The molecule has 1 fully saturated rings. The van der Waals surface area contributed by atoms with Crippen molar-refractivity contribution in [1.29, 1.82) is 0 Å². The van der Waals surface area contributed by atoms with Crippen LogP contribution in [0.5, 0.6) is 0 Å². The van der Waals surface area contributed by atoms with Crippen LogP contribution in [0.4, 0.5) is 4.79 Å². The predicted octanol–water partition coefficient (Wildman–Crippen LogP) is 1.47. The molecule has 6 heteroatoms. The highest BCUT2D eigenvalue weighted by Crippen LogP contribution is 2.29. The lowest BCUT2D eigenvalue weighted by Crippen LogP contribution is -2.43. The molecular weight excluding hydrogens is 270 g/mol. The van der Waals surface area contributed by atoms with E-state index in [0.29, 0.717) is 13.1 Å². The summed E-state index contributed by atoms with van der Waals surface area (Å²) in [5.74, 6) is -0.971. The first-order chi connectivity index (χ1) is 9.91. The molecule has 2 N–H and O–H groups in total. The van der Waals surface area contributed by atoms with Crippen molar-refractivity contribution >= 4 is 12.0 Å². The number of carboxylic acids is 1. The summed E-state index contributed by atoms with van der Waals surface area (Å²) in [4.78, 5) is 27.0. The molecule has 0 saturated heterocycles. The van der Waals surface area contributed by atoms with Crippen LogP contribution in [-0.2, 0) is 4.79 Å². The highest BCUT2D eigenvalue weighted by Gasteiger charge is 2.30. The van der Waals surface area contributed by atoms with Crippen molar-refractivity contribution in [3.8, 4) is 0 Å². The summed E-state index contributed by atoms with van der Waals surface area (Å²) < 4.78 is 0. The molecule has 0 aromatic heterocycles. The molecule has 0 heterocycles. The Balaban J connectivity index is 2.32. The fourth-order valence-corrected chi connectivity index (χ4v) is 2.86. The number of carboxylic acid groups (broad SMARTS) is 1. The largest absolute Gasteiger partial charge is 0.481 e. The molecule has 2 unspecified atom stereocenters. The van der Waals surface area contributed by atoms with E-state index in [4.69, 9.17) is 0 Å². The predicted molar refractivity (Wildman–Crippen MR) is 82.3 cm³/mol. The van der Waals surface area contributed by atoms with Crippen molar-refractivity contribution in [2.45, 2.75) is 32.1 Å². The van der Waals surface area contributed by atoms with Crippen LogP contribution in [0.1, 0.15) is 32.1 Å². The van der Waals surface area contributed by atoms with Crippen LogP contribution in [0, 0.1) is 11.8 Å². The number of aliphatic carboxylic acids is 1. The third kappa shape index (κ3) is 6.33. The number of urea groups is 1. The number of nitrogens with one attached hydrogen (secondary N) is 1. The van der Waals surface area contributed by atoms with E-state index in [1.54, 1.807) is 11.9 Å². The number of carbonyl (C=O) groups is 2. The van der Waals surface area contributed by atoms with E-state index in [0.717, 1.165) is 38.6 Å². The van der Waals surface area contributed by atoms with Crippen LogP contribution in [0.3, 0.4) is 0 Å². The van der Waals surface area contributed by atoms with E-state index in [1.165, 1.54) is 0 Å². The van der Waals surface area contributed by atoms with Gasteiger partial charge in [-0.05, 0) is 45.8 Å². The third-order valence-electron chi connectivity index (χ3n) is 4.19. The van der Waals surface area contributed by atoms with E-state index in [1.807, 2.05) is 14.1 Å². The van der Waals surface area contributed by atoms with Crippen molar-refractivity contribution in [1.82, 2.24) is 15.1 Å². The first-order valence-corrected chi connectivity index (χ1v) is 7.78. The maximum atomic E-state index is 12.0. The highest BCUT2D eigenvalue weighted by molar-refractivity contribution is 5.74. The second-order valence-electron chi connectivity index (χ2n) is 6.25. The number of carbonyl (C=O) groups excluding carboxylic acids is 1. The van der Waals surface area contributed by atoms with Gasteiger partial charge in [0.05, 0.1) is 5.92 Å². The van der Waals surface area contributed by atoms with Crippen molar-refractivity contribution in [3.05, 3.63) is 0 Å². The molecule has 0 radical (unpaired) electrons. The fraction of sp³-hybridized carbons (Fsp3) is 0.867. The maximum Gasteiger partial charge on any atom is 0.317 e. The normalized spacial score (nSPS) is 22.1. The van der Waals surface area contributed by atoms with Crippen LogP contribution in [-0.4, -0.2) is 67.7 Å². The summed E-state index contributed by atoms with van der Waals surface area (Å²) in [7, 11) is 5.80. The zero-order valence-corrected chi connectivity index (χ0v) is 13.5. The smallest absolute Gasteiger partial charge is 0.317 e. The molecule has 6 nitrogen and oxygen atoms in total. The lowest BCUT2D eigenvalue weighted by atomic mass is 9.79. The SMILES string of the molecule is CN(C)CCCN(C)C(=O)NCC1CCCCC1C(=O)O. The minimum absolute atomic E-state index is 0.0652. The molecule has 2 atom stereocenters. The second kappa shape index (κ2) is 8.87. The first kappa shape index (κ1) is 17.8. The fourth-order valence-electron chi connectivity index (χ4n) is 2.86. The van der Waals surface area contributed by atoms with E-state index < -0.39 is 5.97 Å². The van der Waals surface area contributed by atoms with E-state index >= 15 is 0 Å². The number of nitrogens with zero attached hydrogens (tertiary/aromatic N) is 2. The molecule has 1 saturated carbocycles. The van der Waals surface area contributed by atoms with Crippen molar-refractivity contribution < 1.29 is 14.7 Å². The number of hydrogen-bond donors (Lipinski definition) is 2. The van der Waals surface area contributed by atoms with Gasteiger partial charge in [-0.2, -0.15) is 0 Å². The van der Waals surface area contributed by atoms with E-state index in [9.17, 15) is 14.7 Å². The maximum absolute atomic E-state index is 12.0. The third-order valence-corrected chi connectivity index (χ3v) is 4.19. The molecule has 0 aromatic carbocycles. The number of hydrogen-bond acceptors (Lipinski definition) is 3. The lowest BCUT2D eigenvalue weighted by Gasteiger charge is -2.29. The van der Waals surface area contributed by atoms with Gasteiger partial charge < -0.3 is 20.2 Å². The summed E-state index contributed by atoms with van der Waals surface area (Å²) in [5, 5.41) is 12.1. The van der Waals surface area contributed by atoms with Gasteiger partial charge in [-0.1, -0.05) is 12.8 Å². The minimum Gasteiger partial charge on any atom is -0.481 e. The van der Waals surface area contributed by atoms with Gasteiger partial charge in [-0.3, -0.25) is 4.79 Å². The lowest BCUT2D eigenvalue weighted by molar-refractivity contribution is -0.144. The van der Waals surface area contributed by atoms with Crippen molar-refractivity contribution in [2.75, 3.05) is 40.8 Å². The van der Waals surface area contributed by atoms with E-state index in [-0.39, 0.29) is 17.9 Å². The van der Waals surface area contributed by atoms with Gasteiger partial charge in [0.2, 0.25) is 0 Å². The molecular formula is C15H29N3O3. The van der Waals surface area contributed by atoms with Gasteiger partial charge in [0.1, 0.15) is 0 Å². The summed E-state index contributed by atoms with van der Waals surface area (Å²) >= 11 is 0. The summed E-state index contributed by atoms with van der Waals surface area (Å²) in [6.45, 7) is 2.12. The molecule has 0 aliphatic heterocycles. The average Bonchev–Trinajstić information content (AvgIpc) is 2.44. The molecule has 1 aliphatic rings.